The second-order valence-electron chi connectivity index (χ2n) is 6.52. The average molecular weight is 382 g/mol. The van der Waals surface area contributed by atoms with Gasteiger partial charge in [0.2, 0.25) is 0 Å². The van der Waals surface area contributed by atoms with Gasteiger partial charge in [0.1, 0.15) is 5.75 Å². The minimum Gasteiger partial charge on any atom is -0.506 e. The zero-order valence-electron chi connectivity index (χ0n) is 15.4. The van der Waals surface area contributed by atoms with E-state index in [0.717, 1.165) is 30.8 Å². The Morgan fingerprint density at radius 1 is 1.08 bits per heavy atom. The van der Waals surface area contributed by atoms with Crippen LogP contribution in [0.1, 0.15) is 37.3 Å². The van der Waals surface area contributed by atoms with E-state index in [-0.39, 0.29) is 18.5 Å². The lowest BCUT2D eigenvalue weighted by Crippen LogP contribution is -2.30. The third-order valence-electron chi connectivity index (χ3n) is 4.92. The van der Waals surface area contributed by atoms with Crippen molar-refractivity contribution in [1.82, 2.24) is 4.57 Å². The maximum atomic E-state index is 9.60. The van der Waals surface area contributed by atoms with Crippen molar-refractivity contribution in [3.63, 3.8) is 0 Å². The number of halogens is 1. The van der Waals surface area contributed by atoms with Crippen molar-refractivity contribution in [3.05, 3.63) is 42.2 Å². The molecule has 3 rings (SSSR count). The molecule has 26 heavy (non-hydrogen) atoms. The summed E-state index contributed by atoms with van der Waals surface area (Å²) in [5.74, 6) is 1.81. The molecule has 1 aliphatic carbocycles. The van der Waals surface area contributed by atoms with Crippen molar-refractivity contribution in [1.29, 1.82) is 0 Å². The zero-order chi connectivity index (χ0) is 17.6. The topological polar surface area (TPSA) is 52.9 Å². The van der Waals surface area contributed by atoms with Gasteiger partial charge in [0.25, 0.3) is 0 Å². The lowest BCUT2D eigenvalue weighted by Gasteiger charge is -2.32. The summed E-state index contributed by atoms with van der Waals surface area (Å²) in [5.41, 5.74) is 1.17. The Labute approximate surface area is 161 Å². The molecule has 0 unspecified atom stereocenters. The molecule has 0 bridgehead atoms. The molecule has 0 saturated heterocycles. The lowest BCUT2D eigenvalue weighted by molar-refractivity contribution is -0.00437. The Kier molecular flexibility index (Phi) is 7.66. The van der Waals surface area contributed by atoms with Crippen LogP contribution in [-0.4, -0.2) is 36.6 Å². The molecule has 0 aliphatic heterocycles. The van der Waals surface area contributed by atoms with E-state index in [0.29, 0.717) is 18.4 Å². The molecule has 6 heteroatoms. The maximum absolute atomic E-state index is 9.60. The smallest absolute Gasteiger partial charge is 0.160 e. The van der Waals surface area contributed by atoms with Crippen molar-refractivity contribution in [2.45, 2.75) is 44.2 Å². The SMILES string of the molecule is COc1ccc(CCO[C@@H]2CCCC[C@H]2n2ccc(O)c2)cc1OC.Cl. The van der Waals surface area contributed by atoms with Crippen molar-refractivity contribution < 1.29 is 19.3 Å². The molecule has 2 atom stereocenters. The second-order valence-corrected chi connectivity index (χ2v) is 6.52. The van der Waals surface area contributed by atoms with Gasteiger partial charge in [-0.05, 0) is 43.0 Å². The molecule has 1 fully saturated rings. The van der Waals surface area contributed by atoms with Crippen LogP contribution in [0.3, 0.4) is 0 Å². The average Bonchev–Trinajstić information content (AvgIpc) is 3.08. The molecule has 1 aliphatic rings. The maximum Gasteiger partial charge on any atom is 0.160 e. The Bertz CT molecular complexity index is 688. The fourth-order valence-electron chi connectivity index (χ4n) is 3.58. The van der Waals surface area contributed by atoms with Gasteiger partial charge in [-0.15, -0.1) is 12.4 Å². The van der Waals surface area contributed by atoms with Crippen LogP contribution >= 0.6 is 12.4 Å². The Hall–Kier alpha value is -1.85. The quantitative estimate of drug-likeness (QED) is 0.773. The van der Waals surface area contributed by atoms with Gasteiger partial charge in [-0.1, -0.05) is 18.9 Å². The predicted molar refractivity (Wildman–Crippen MR) is 104 cm³/mol. The number of benzene rings is 1. The van der Waals surface area contributed by atoms with Crippen LogP contribution in [0, 0.1) is 0 Å². The van der Waals surface area contributed by atoms with E-state index in [4.69, 9.17) is 14.2 Å². The molecule has 0 spiro atoms. The first-order valence-electron chi connectivity index (χ1n) is 8.90. The van der Waals surface area contributed by atoms with Crippen molar-refractivity contribution in [2.75, 3.05) is 20.8 Å². The number of aromatic hydroxyl groups is 1. The van der Waals surface area contributed by atoms with E-state index in [1.807, 2.05) is 24.4 Å². The Balaban J connectivity index is 0.00000243. The van der Waals surface area contributed by atoms with Crippen LogP contribution in [0.4, 0.5) is 0 Å². The number of aromatic nitrogens is 1. The van der Waals surface area contributed by atoms with Crippen LogP contribution in [-0.2, 0) is 11.2 Å². The molecule has 1 aromatic heterocycles. The van der Waals surface area contributed by atoms with Crippen LogP contribution in [0.15, 0.2) is 36.7 Å². The molecule has 1 saturated carbocycles. The molecule has 0 amide bonds. The van der Waals surface area contributed by atoms with E-state index in [1.54, 1.807) is 26.5 Å². The van der Waals surface area contributed by atoms with Gasteiger partial charge in [0.15, 0.2) is 11.5 Å². The summed E-state index contributed by atoms with van der Waals surface area (Å²) in [6.07, 6.45) is 9.33. The molecule has 144 valence electrons. The largest absolute Gasteiger partial charge is 0.506 e. The van der Waals surface area contributed by atoms with Gasteiger partial charge in [-0.3, -0.25) is 0 Å². The molecular formula is C20H28ClNO4. The van der Waals surface area contributed by atoms with Crippen molar-refractivity contribution in [3.8, 4) is 17.2 Å². The molecular weight excluding hydrogens is 354 g/mol. The fourth-order valence-corrected chi connectivity index (χ4v) is 3.58. The summed E-state index contributed by atoms with van der Waals surface area (Å²) in [6.45, 7) is 0.671. The van der Waals surface area contributed by atoms with E-state index < -0.39 is 0 Å². The number of hydrogen-bond acceptors (Lipinski definition) is 4. The van der Waals surface area contributed by atoms with Crippen molar-refractivity contribution in [2.24, 2.45) is 0 Å². The predicted octanol–water partition coefficient (Wildman–Crippen LogP) is 4.38. The number of rotatable bonds is 7. The number of ether oxygens (including phenoxy) is 3. The van der Waals surface area contributed by atoms with Crippen LogP contribution in [0.2, 0.25) is 0 Å². The second kappa shape index (κ2) is 9.74. The highest BCUT2D eigenvalue weighted by molar-refractivity contribution is 5.85. The first-order chi connectivity index (χ1) is 12.2. The fraction of sp³-hybridized carbons (Fsp3) is 0.500. The summed E-state index contributed by atoms with van der Waals surface area (Å²) >= 11 is 0. The first kappa shape index (κ1) is 20.5. The van der Waals surface area contributed by atoms with Gasteiger partial charge in [-0.2, -0.15) is 0 Å². The normalized spacial score (nSPS) is 19.6. The standard InChI is InChI=1S/C20H27NO4.ClH/c1-23-19-8-7-15(13-20(19)24-2)10-12-25-18-6-4-3-5-17(18)21-11-9-16(22)14-21;/h7-9,11,13-14,17-18,22H,3-6,10,12H2,1-2H3;1H/t17-,18-;/m1./s1. The van der Waals surface area contributed by atoms with Crippen LogP contribution < -0.4 is 9.47 Å². The van der Waals surface area contributed by atoms with E-state index in [9.17, 15) is 5.11 Å². The van der Waals surface area contributed by atoms with Crippen LogP contribution in [0.25, 0.3) is 0 Å². The zero-order valence-corrected chi connectivity index (χ0v) is 16.2. The highest BCUT2D eigenvalue weighted by atomic mass is 35.5. The van der Waals surface area contributed by atoms with E-state index in [2.05, 4.69) is 4.57 Å². The summed E-state index contributed by atoms with van der Waals surface area (Å²) in [7, 11) is 3.29. The molecule has 1 aromatic carbocycles. The minimum atomic E-state index is 0. The molecule has 5 nitrogen and oxygen atoms in total. The van der Waals surface area contributed by atoms with Crippen LogP contribution in [0.5, 0.6) is 17.2 Å². The van der Waals surface area contributed by atoms with E-state index in [1.165, 1.54) is 18.4 Å². The summed E-state index contributed by atoms with van der Waals surface area (Å²) < 4.78 is 18.9. The van der Waals surface area contributed by atoms with Gasteiger partial charge in [-0.25, -0.2) is 0 Å². The molecule has 2 aromatic rings. The van der Waals surface area contributed by atoms with Gasteiger partial charge < -0.3 is 23.9 Å². The van der Waals surface area contributed by atoms with Gasteiger partial charge >= 0.3 is 0 Å². The van der Waals surface area contributed by atoms with Gasteiger partial charge in [0.05, 0.1) is 33.0 Å². The number of nitrogens with zero attached hydrogens (tertiary/aromatic N) is 1. The summed E-state index contributed by atoms with van der Waals surface area (Å²) in [4.78, 5) is 0. The molecule has 1 heterocycles. The Morgan fingerprint density at radius 3 is 2.54 bits per heavy atom. The van der Waals surface area contributed by atoms with Crippen molar-refractivity contribution >= 4 is 12.4 Å². The highest BCUT2D eigenvalue weighted by Crippen LogP contribution is 2.32. The third kappa shape index (κ3) is 4.86. The Morgan fingerprint density at radius 2 is 1.85 bits per heavy atom. The minimum absolute atomic E-state index is 0. The summed E-state index contributed by atoms with van der Waals surface area (Å²) in [5, 5.41) is 9.60. The van der Waals surface area contributed by atoms with Gasteiger partial charge in [0, 0.05) is 12.4 Å². The number of methoxy groups -OCH3 is 2. The third-order valence-corrected chi connectivity index (χ3v) is 4.92. The monoisotopic (exact) mass is 381 g/mol. The first-order valence-corrected chi connectivity index (χ1v) is 8.90. The lowest BCUT2D eigenvalue weighted by atomic mass is 9.92. The summed E-state index contributed by atoms with van der Waals surface area (Å²) in [6, 6.07) is 8.02. The molecule has 1 N–H and O–H groups in total. The highest BCUT2D eigenvalue weighted by Gasteiger charge is 2.27. The molecule has 0 radical (unpaired) electrons. The van der Waals surface area contributed by atoms with E-state index >= 15 is 0 Å². The number of hydrogen-bond donors (Lipinski definition) is 1.